The number of hydrogen-bond donors (Lipinski definition) is 1. The number of aromatic amines is 1. The number of aromatic nitrogens is 2. The smallest absolute Gasteiger partial charge is 0.246 e. The third-order valence-electron chi connectivity index (χ3n) is 2.92. The van der Waals surface area contributed by atoms with Gasteiger partial charge < -0.3 is 9.47 Å². The lowest BCUT2D eigenvalue weighted by Gasteiger charge is -2.16. The van der Waals surface area contributed by atoms with Crippen LogP contribution in [0.5, 0.6) is 11.5 Å². The molecule has 0 atom stereocenters. The second-order valence-electron chi connectivity index (χ2n) is 4.28. The first-order valence-electron chi connectivity index (χ1n) is 6.26. The van der Waals surface area contributed by atoms with E-state index in [0.29, 0.717) is 5.75 Å². The molecule has 2 rings (SSSR count). The molecular formula is C13H17N3O4S. The van der Waals surface area contributed by atoms with Gasteiger partial charge in [-0.1, -0.05) is 0 Å². The summed E-state index contributed by atoms with van der Waals surface area (Å²) in [7, 11) is -0.433. The fourth-order valence-corrected chi connectivity index (χ4v) is 2.71. The van der Waals surface area contributed by atoms with Crippen molar-refractivity contribution >= 4 is 10.0 Å². The van der Waals surface area contributed by atoms with Crippen molar-refractivity contribution in [2.75, 3.05) is 27.3 Å². The van der Waals surface area contributed by atoms with Crippen molar-refractivity contribution in [3.8, 4) is 11.5 Å². The van der Waals surface area contributed by atoms with Gasteiger partial charge in [0.1, 0.15) is 23.0 Å². The van der Waals surface area contributed by atoms with Crippen LogP contribution in [-0.4, -0.2) is 50.2 Å². The number of methoxy groups -OCH3 is 1. The van der Waals surface area contributed by atoms with Crippen molar-refractivity contribution in [1.29, 1.82) is 0 Å². The predicted octanol–water partition coefficient (Wildman–Crippen LogP) is 1.12. The van der Waals surface area contributed by atoms with Gasteiger partial charge in [-0.15, -0.1) is 0 Å². The predicted molar refractivity (Wildman–Crippen MR) is 76.9 cm³/mol. The molecule has 0 saturated carbocycles. The van der Waals surface area contributed by atoms with Crippen LogP contribution < -0.4 is 9.47 Å². The Balaban J connectivity index is 1.88. The van der Waals surface area contributed by atoms with Crippen LogP contribution >= 0.6 is 0 Å². The molecule has 0 radical (unpaired) electrons. The van der Waals surface area contributed by atoms with Gasteiger partial charge in [-0.3, -0.25) is 5.10 Å². The summed E-state index contributed by atoms with van der Waals surface area (Å²) < 4.78 is 36.0. The summed E-state index contributed by atoms with van der Waals surface area (Å²) in [5.41, 5.74) is 0. The third kappa shape index (κ3) is 3.73. The van der Waals surface area contributed by atoms with Crippen LogP contribution in [0, 0.1) is 0 Å². The zero-order valence-electron chi connectivity index (χ0n) is 11.8. The molecule has 2 aromatic rings. The Bertz CT molecular complexity index is 653. The summed E-state index contributed by atoms with van der Waals surface area (Å²) in [6.45, 7) is 0.486. The first kappa shape index (κ1) is 15.3. The molecule has 1 aromatic heterocycles. The highest BCUT2D eigenvalue weighted by Crippen LogP contribution is 2.17. The number of benzene rings is 1. The molecule has 114 valence electrons. The van der Waals surface area contributed by atoms with E-state index in [1.54, 1.807) is 31.4 Å². The Labute approximate surface area is 123 Å². The number of likely N-dealkylation sites (N-methyl/N-ethyl adjacent to an activating group) is 1. The fraction of sp³-hybridized carbons (Fsp3) is 0.308. The van der Waals surface area contributed by atoms with Gasteiger partial charge in [-0.2, -0.15) is 9.40 Å². The van der Waals surface area contributed by atoms with E-state index in [1.807, 2.05) is 0 Å². The molecule has 1 aromatic carbocycles. The molecule has 0 unspecified atom stereocenters. The average molecular weight is 311 g/mol. The molecule has 8 heteroatoms. The van der Waals surface area contributed by atoms with E-state index in [9.17, 15) is 8.42 Å². The van der Waals surface area contributed by atoms with Crippen LogP contribution in [0.25, 0.3) is 0 Å². The zero-order valence-corrected chi connectivity index (χ0v) is 12.6. The number of nitrogens with zero attached hydrogens (tertiary/aromatic N) is 2. The molecular weight excluding hydrogens is 294 g/mol. The van der Waals surface area contributed by atoms with Crippen molar-refractivity contribution in [2.45, 2.75) is 4.90 Å². The standard InChI is InChI=1S/C13H17N3O4S/c1-16(21(17,18)13-9-14-15-10-13)7-8-20-12-5-3-11(19-2)4-6-12/h3-6,9-10H,7-8H2,1-2H3,(H,14,15). The van der Waals surface area contributed by atoms with Gasteiger partial charge in [0, 0.05) is 19.8 Å². The maximum absolute atomic E-state index is 12.1. The summed E-state index contributed by atoms with van der Waals surface area (Å²) in [6, 6.07) is 7.09. The average Bonchev–Trinajstić information content (AvgIpc) is 3.02. The molecule has 7 nitrogen and oxygen atoms in total. The molecule has 1 heterocycles. The molecule has 0 aliphatic heterocycles. The van der Waals surface area contributed by atoms with Gasteiger partial charge in [0.2, 0.25) is 10.0 Å². The summed E-state index contributed by atoms with van der Waals surface area (Å²) >= 11 is 0. The summed E-state index contributed by atoms with van der Waals surface area (Å²) in [5.74, 6) is 1.40. The molecule has 1 N–H and O–H groups in total. The van der Waals surface area contributed by atoms with Gasteiger partial charge in [0.05, 0.1) is 13.3 Å². The summed E-state index contributed by atoms with van der Waals surface area (Å²) in [4.78, 5) is 0.134. The first-order valence-corrected chi connectivity index (χ1v) is 7.70. The van der Waals surface area contributed by atoms with Crippen LogP contribution in [0.3, 0.4) is 0 Å². The van der Waals surface area contributed by atoms with Crippen molar-refractivity contribution in [1.82, 2.24) is 14.5 Å². The van der Waals surface area contributed by atoms with Gasteiger partial charge in [0.15, 0.2) is 0 Å². The van der Waals surface area contributed by atoms with Gasteiger partial charge >= 0.3 is 0 Å². The van der Waals surface area contributed by atoms with Crippen molar-refractivity contribution in [3.63, 3.8) is 0 Å². The highest BCUT2D eigenvalue weighted by molar-refractivity contribution is 7.89. The molecule has 0 spiro atoms. The first-order chi connectivity index (χ1) is 10.0. The topological polar surface area (TPSA) is 84.5 Å². The van der Waals surface area contributed by atoms with Crippen LogP contribution in [0.4, 0.5) is 0 Å². The second kappa shape index (κ2) is 6.59. The normalized spacial score (nSPS) is 11.6. The van der Waals surface area contributed by atoms with Crippen LogP contribution in [0.2, 0.25) is 0 Å². The van der Waals surface area contributed by atoms with E-state index >= 15 is 0 Å². The van der Waals surface area contributed by atoms with Crippen molar-refractivity contribution in [2.24, 2.45) is 0 Å². The lowest BCUT2D eigenvalue weighted by atomic mass is 10.3. The quantitative estimate of drug-likeness (QED) is 0.828. The van der Waals surface area contributed by atoms with E-state index in [2.05, 4.69) is 10.2 Å². The molecule has 0 amide bonds. The van der Waals surface area contributed by atoms with E-state index < -0.39 is 10.0 Å². The third-order valence-corrected chi connectivity index (χ3v) is 4.74. The van der Waals surface area contributed by atoms with Gasteiger partial charge in [-0.05, 0) is 24.3 Å². The largest absolute Gasteiger partial charge is 0.497 e. The second-order valence-corrected chi connectivity index (χ2v) is 6.33. The van der Waals surface area contributed by atoms with E-state index in [-0.39, 0.29) is 18.0 Å². The monoisotopic (exact) mass is 311 g/mol. The Morgan fingerprint density at radius 2 is 1.90 bits per heavy atom. The van der Waals surface area contributed by atoms with Crippen molar-refractivity contribution < 1.29 is 17.9 Å². The number of hydrogen-bond acceptors (Lipinski definition) is 5. The van der Waals surface area contributed by atoms with E-state index in [0.717, 1.165) is 5.75 Å². The van der Waals surface area contributed by atoms with Crippen LogP contribution in [0.15, 0.2) is 41.6 Å². The Kier molecular flexibility index (Phi) is 4.81. The number of sulfonamides is 1. The molecule has 0 aliphatic carbocycles. The summed E-state index contributed by atoms with van der Waals surface area (Å²) in [5, 5.41) is 6.13. The Hall–Kier alpha value is -2.06. The highest BCUT2D eigenvalue weighted by atomic mass is 32.2. The summed E-state index contributed by atoms with van der Waals surface area (Å²) in [6.07, 6.45) is 2.62. The van der Waals surface area contributed by atoms with Crippen LogP contribution in [-0.2, 0) is 10.0 Å². The molecule has 0 fully saturated rings. The lowest BCUT2D eigenvalue weighted by Crippen LogP contribution is -2.30. The molecule has 0 saturated heterocycles. The minimum atomic E-state index is -3.52. The maximum atomic E-state index is 12.1. The fourth-order valence-electron chi connectivity index (χ4n) is 1.64. The molecule has 0 bridgehead atoms. The van der Waals surface area contributed by atoms with E-state index in [4.69, 9.17) is 9.47 Å². The molecule has 0 aliphatic rings. The number of rotatable bonds is 7. The van der Waals surface area contributed by atoms with Gasteiger partial charge in [0.25, 0.3) is 0 Å². The van der Waals surface area contributed by atoms with Crippen molar-refractivity contribution in [3.05, 3.63) is 36.7 Å². The lowest BCUT2D eigenvalue weighted by molar-refractivity contribution is 0.286. The van der Waals surface area contributed by atoms with Crippen LogP contribution in [0.1, 0.15) is 0 Å². The SMILES string of the molecule is COc1ccc(OCCN(C)S(=O)(=O)c2cn[nH]c2)cc1. The van der Waals surface area contributed by atoms with Gasteiger partial charge in [-0.25, -0.2) is 8.42 Å². The number of ether oxygens (including phenoxy) is 2. The zero-order chi connectivity index (χ0) is 15.3. The number of H-pyrrole nitrogens is 1. The van der Waals surface area contributed by atoms with E-state index in [1.165, 1.54) is 23.7 Å². The maximum Gasteiger partial charge on any atom is 0.246 e. The Morgan fingerprint density at radius 3 is 2.48 bits per heavy atom. The number of nitrogens with one attached hydrogen (secondary N) is 1. The minimum Gasteiger partial charge on any atom is -0.497 e. The minimum absolute atomic E-state index is 0.134. The molecule has 21 heavy (non-hydrogen) atoms. The Morgan fingerprint density at radius 1 is 1.24 bits per heavy atom. The highest BCUT2D eigenvalue weighted by Gasteiger charge is 2.21.